The van der Waals surface area contributed by atoms with Gasteiger partial charge in [-0.1, -0.05) is 18.0 Å². The van der Waals surface area contributed by atoms with E-state index in [1.807, 2.05) is 24.3 Å². The molecule has 4 rings (SSSR count). The van der Waals surface area contributed by atoms with Gasteiger partial charge < -0.3 is 9.88 Å². The molecule has 2 heterocycles. The highest BCUT2D eigenvalue weighted by Gasteiger charge is 2.24. The summed E-state index contributed by atoms with van der Waals surface area (Å²) in [5.74, 6) is 0.175. The van der Waals surface area contributed by atoms with Crippen LogP contribution in [0.3, 0.4) is 0 Å². The Balaban J connectivity index is 1.72. The molecule has 0 saturated carbocycles. The van der Waals surface area contributed by atoms with Gasteiger partial charge in [0.15, 0.2) is 0 Å². The monoisotopic (exact) mass is 383 g/mol. The summed E-state index contributed by atoms with van der Waals surface area (Å²) in [6.07, 6.45) is 4.03. The number of rotatable bonds is 3. The van der Waals surface area contributed by atoms with Crippen LogP contribution >= 0.6 is 11.6 Å². The van der Waals surface area contributed by atoms with Gasteiger partial charge in [-0.25, -0.2) is 9.37 Å². The van der Waals surface area contributed by atoms with Crippen molar-refractivity contribution in [1.82, 2.24) is 9.55 Å². The third-order valence-electron chi connectivity index (χ3n) is 4.79. The smallest absolute Gasteiger partial charge is 0.276 e. The highest BCUT2D eigenvalue weighted by molar-refractivity contribution is 6.30. The van der Waals surface area contributed by atoms with Crippen molar-refractivity contribution in [3.63, 3.8) is 0 Å². The predicted octanol–water partition coefficient (Wildman–Crippen LogP) is 5.32. The standard InChI is InChI=1S/C21H19ClFN3O/c22-15-7-5-14(6-8-15)20-25-19(18-4-2-1-3-13-26(18)20)21(27)24-17-11-9-16(23)10-12-17/h5-12H,1-4,13H2,(H,24,27). The molecule has 0 aliphatic carbocycles. The van der Waals surface area contributed by atoms with Crippen LogP contribution in [0.2, 0.25) is 5.02 Å². The SMILES string of the molecule is O=C(Nc1ccc(F)cc1)c1nc(-c2ccc(Cl)cc2)n2c1CCCCC2. The molecule has 2 aromatic carbocycles. The zero-order valence-electron chi connectivity index (χ0n) is 14.7. The van der Waals surface area contributed by atoms with Crippen LogP contribution in [0.15, 0.2) is 48.5 Å². The van der Waals surface area contributed by atoms with Crippen LogP contribution in [0.1, 0.15) is 35.4 Å². The molecule has 0 bridgehead atoms. The second-order valence-corrected chi connectivity index (χ2v) is 7.10. The minimum atomic E-state index is -0.339. The Labute approximate surface area is 162 Å². The minimum absolute atomic E-state index is 0.271. The Hall–Kier alpha value is -2.66. The second-order valence-electron chi connectivity index (χ2n) is 6.66. The largest absolute Gasteiger partial charge is 0.327 e. The summed E-state index contributed by atoms with van der Waals surface area (Å²) < 4.78 is 15.2. The summed E-state index contributed by atoms with van der Waals surface area (Å²) in [5.41, 5.74) is 2.87. The van der Waals surface area contributed by atoms with Crippen molar-refractivity contribution in [1.29, 1.82) is 0 Å². The number of aromatic nitrogens is 2. The number of imidazole rings is 1. The number of hydrogen-bond acceptors (Lipinski definition) is 2. The lowest BCUT2D eigenvalue weighted by atomic mass is 10.1. The van der Waals surface area contributed by atoms with E-state index in [2.05, 4.69) is 14.9 Å². The molecule has 0 saturated heterocycles. The number of nitrogens with zero attached hydrogens (tertiary/aromatic N) is 2. The van der Waals surface area contributed by atoms with E-state index in [0.29, 0.717) is 16.4 Å². The van der Waals surface area contributed by atoms with E-state index in [9.17, 15) is 9.18 Å². The molecule has 1 aliphatic heterocycles. The molecule has 1 N–H and O–H groups in total. The zero-order chi connectivity index (χ0) is 18.8. The molecule has 0 fully saturated rings. The number of hydrogen-bond donors (Lipinski definition) is 1. The molecule has 0 spiro atoms. The molecule has 138 valence electrons. The Morgan fingerprint density at radius 1 is 1.04 bits per heavy atom. The molecule has 0 atom stereocenters. The Bertz CT molecular complexity index is 964. The van der Waals surface area contributed by atoms with Crippen LogP contribution in [-0.2, 0) is 13.0 Å². The van der Waals surface area contributed by atoms with Crippen molar-refractivity contribution in [3.8, 4) is 11.4 Å². The summed E-state index contributed by atoms with van der Waals surface area (Å²) in [4.78, 5) is 17.6. The van der Waals surface area contributed by atoms with E-state index in [4.69, 9.17) is 11.6 Å². The number of halogens is 2. The van der Waals surface area contributed by atoms with Gasteiger partial charge in [0.05, 0.1) is 5.69 Å². The average Bonchev–Trinajstić information content (AvgIpc) is 2.86. The van der Waals surface area contributed by atoms with Gasteiger partial charge in [-0.2, -0.15) is 0 Å². The third-order valence-corrected chi connectivity index (χ3v) is 5.04. The van der Waals surface area contributed by atoms with Gasteiger partial charge >= 0.3 is 0 Å². The van der Waals surface area contributed by atoms with Gasteiger partial charge in [-0.15, -0.1) is 0 Å². The first-order chi connectivity index (χ1) is 13.1. The molecular weight excluding hydrogens is 365 g/mol. The maximum absolute atomic E-state index is 13.1. The normalized spacial score (nSPS) is 13.7. The Morgan fingerprint density at radius 3 is 2.52 bits per heavy atom. The van der Waals surface area contributed by atoms with Crippen LogP contribution in [0, 0.1) is 5.82 Å². The minimum Gasteiger partial charge on any atom is -0.327 e. The highest BCUT2D eigenvalue weighted by Crippen LogP contribution is 2.28. The number of benzene rings is 2. The number of nitrogens with one attached hydrogen (secondary N) is 1. The van der Waals surface area contributed by atoms with Crippen molar-refractivity contribution >= 4 is 23.2 Å². The molecule has 6 heteroatoms. The van der Waals surface area contributed by atoms with Gasteiger partial charge in [0, 0.05) is 22.8 Å². The molecule has 1 amide bonds. The van der Waals surface area contributed by atoms with Crippen molar-refractivity contribution in [3.05, 3.63) is 70.8 Å². The van der Waals surface area contributed by atoms with Gasteiger partial charge in [0.1, 0.15) is 17.3 Å². The van der Waals surface area contributed by atoms with Crippen molar-refractivity contribution < 1.29 is 9.18 Å². The zero-order valence-corrected chi connectivity index (χ0v) is 15.5. The summed E-state index contributed by atoms with van der Waals surface area (Å²) in [5, 5.41) is 3.49. The molecule has 1 aromatic heterocycles. The number of amides is 1. The first kappa shape index (κ1) is 17.7. The lowest BCUT2D eigenvalue weighted by molar-refractivity contribution is 0.102. The van der Waals surface area contributed by atoms with E-state index in [-0.39, 0.29) is 11.7 Å². The van der Waals surface area contributed by atoms with Crippen LogP contribution < -0.4 is 5.32 Å². The Morgan fingerprint density at radius 2 is 1.78 bits per heavy atom. The Kier molecular flexibility index (Phi) is 4.94. The number of carbonyl (C=O) groups is 1. The average molecular weight is 384 g/mol. The maximum atomic E-state index is 13.1. The molecule has 3 aromatic rings. The first-order valence-electron chi connectivity index (χ1n) is 9.04. The van der Waals surface area contributed by atoms with E-state index in [1.54, 1.807) is 12.1 Å². The highest BCUT2D eigenvalue weighted by atomic mass is 35.5. The molecule has 0 unspecified atom stereocenters. The van der Waals surface area contributed by atoms with E-state index >= 15 is 0 Å². The number of fused-ring (bicyclic) bond motifs is 1. The number of carbonyl (C=O) groups excluding carboxylic acids is 1. The summed E-state index contributed by atoms with van der Waals surface area (Å²) >= 11 is 6.01. The summed E-state index contributed by atoms with van der Waals surface area (Å²) in [6, 6.07) is 13.2. The molecule has 1 aliphatic rings. The van der Waals surface area contributed by atoms with Gasteiger partial charge in [-0.3, -0.25) is 4.79 Å². The van der Waals surface area contributed by atoms with Gasteiger partial charge in [-0.05, 0) is 67.8 Å². The molecule has 4 nitrogen and oxygen atoms in total. The van der Waals surface area contributed by atoms with Crippen LogP contribution in [0.5, 0.6) is 0 Å². The van der Waals surface area contributed by atoms with Crippen molar-refractivity contribution in [2.45, 2.75) is 32.2 Å². The van der Waals surface area contributed by atoms with Gasteiger partial charge in [0.2, 0.25) is 0 Å². The summed E-state index contributed by atoms with van der Waals surface area (Å²) in [6.45, 7) is 0.837. The fourth-order valence-corrected chi connectivity index (χ4v) is 3.57. The molecule has 27 heavy (non-hydrogen) atoms. The van der Waals surface area contributed by atoms with E-state index < -0.39 is 0 Å². The maximum Gasteiger partial charge on any atom is 0.276 e. The van der Waals surface area contributed by atoms with Crippen molar-refractivity contribution in [2.24, 2.45) is 0 Å². The first-order valence-corrected chi connectivity index (χ1v) is 9.42. The topological polar surface area (TPSA) is 46.9 Å². The third kappa shape index (κ3) is 3.74. The quantitative estimate of drug-likeness (QED) is 0.665. The lowest BCUT2D eigenvalue weighted by Crippen LogP contribution is -2.15. The van der Waals surface area contributed by atoms with Crippen molar-refractivity contribution in [2.75, 3.05) is 5.32 Å². The van der Waals surface area contributed by atoms with Gasteiger partial charge in [0.25, 0.3) is 5.91 Å². The fraction of sp³-hybridized carbons (Fsp3) is 0.238. The van der Waals surface area contributed by atoms with E-state index in [0.717, 1.165) is 49.3 Å². The van der Waals surface area contributed by atoms with Crippen LogP contribution in [-0.4, -0.2) is 15.5 Å². The fourth-order valence-electron chi connectivity index (χ4n) is 3.44. The molecular formula is C21H19ClFN3O. The lowest BCUT2D eigenvalue weighted by Gasteiger charge is -2.09. The number of anilines is 1. The van der Waals surface area contributed by atoms with Crippen LogP contribution in [0.25, 0.3) is 11.4 Å². The van der Waals surface area contributed by atoms with Crippen LogP contribution in [0.4, 0.5) is 10.1 Å². The van der Waals surface area contributed by atoms with E-state index in [1.165, 1.54) is 12.1 Å². The summed E-state index contributed by atoms with van der Waals surface area (Å²) in [7, 11) is 0. The second kappa shape index (κ2) is 7.53. The predicted molar refractivity (Wildman–Crippen MR) is 105 cm³/mol. The molecule has 0 radical (unpaired) electrons.